The molecule has 1 heterocycles. The van der Waals surface area contributed by atoms with Gasteiger partial charge in [0.15, 0.2) is 0 Å². The molecule has 1 saturated heterocycles. The monoisotopic (exact) mass is 251 g/mol. The third kappa shape index (κ3) is 3.23. The molecule has 0 bridgehead atoms. The molecule has 1 aliphatic heterocycles. The van der Waals surface area contributed by atoms with Gasteiger partial charge in [-0.1, -0.05) is 12.8 Å². The smallest absolute Gasteiger partial charge is 0.324 e. The van der Waals surface area contributed by atoms with Crippen LogP contribution in [-0.2, 0) is 4.79 Å². The van der Waals surface area contributed by atoms with Gasteiger partial charge in [0.1, 0.15) is 5.54 Å². The van der Waals surface area contributed by atoms with Gasteiger partial charge in [-0.05, 0) is 26.8 Å². The van der Waals surface area contributed by atoms with Crippen LogP contribution in [0.2, 0.25) is 0 Å². The summed E-state index contributed by atoms with van der Waals surface area (Å²) in [4.78, 5) is 26.9. The van der Waals surface area contributed by atoms with Crippen molar-refractivity contribution >= 4 is 11.9 Å². The lowest BCUT2D eigenvalue weighted by Crippen LogP contribution is -2.40. The van der Waals surface area contributed by atoms with Crippen molar-refractivity contribution in [3.63, 3.8) is 0 Å². The maximum absolute atomic E-state index is 11.9. The Morgan fingerprint density at radius 1 is 1.44 bits per heavy atom. The largest absolute Gasteiger partial charge is 0.325 e. The van der Waals surface area contributed by atoms with E-state index in [9.17, 15) is 9.59 Å². The van der Waals surface area contributed by atoms with Gasteiger partial charge in [-0.15, -0.1) is 6.42 Å². The van der Waals surface area contributed by atoms with Crippen molar-refractivity contribution in [3.8, 4) is 12.3 Å². The van der Waals surface area contributed by atoms with E-state index in [1.165, 1.54) is 4.90 Å². The van der Waals surface area contributed by atoms with Crippen LogP contribution < -0.4 is 5.32 Å². The van der Waals surface area contributed by atoms with Crippen molar-refractivity contribution in [3.05, 3.63) is 0 Å². The van der Waals surface area contributed by atoms with Crippen LogP contribution in [0.4, 0.5) is 4.79 Å². The molecule has 0 spiro atoms. The Balaban J connectivity index is 2.43. The molecule has 0 aromatic rings. The minimum Gasteiger partial charge on any atom is -0.324 e. The highest BCUT2D eigenvalue weighted by molar-refractivity contribution is 6.06. The van der Waals surface area contributed by atoms with Gasteiger partial charge in [-0.2, -0.15) is 0 Å². The van der Waals surface area contributed by atoms with E-state index in [1.807, 2.05) is 6.92 Å². The van der Waals surface area contributed by atoms with Crippen molar-refractivity contribution in [1.29, 1.82) is 0 Å². The molecule has 0 aliphatic carbocycles. The molecule has 5 heteroatoms. The molecule has 5 nitrogen and oxygen atoms in total. The average Bonchev–Trinajstić information content (AvgIpc) is 2.49. The first-order valence-electron chi connectivity index (χ1n) is 6.22. The van der Waals surface area contributed by atoms with Crippen LogP contribution in [0.25, 0.3) is 0 Å². The van der Waals surface area contributed by atoms with Crippen LogP contribution in [-0.4, -0.2) is 53.5 Å². The third-order valence-electron chi connectivity index (χ3n) is 3.06. The molecule has 1 rings (SSSR count). The topological polar surface area (TPSA) is 52.6 Å². The first kappa shape index (κ1) is 14.5. The summed E-state index contributed by atoms with van der Waals surface area (Å²) in [6, 6.07) is -0.301. The molecular formula is C13H21N3O2. The molecule has 0 saturated carbocycles. The van der Waals surface area contributed by atoms with Crippen LogP contribution in [0.15, 0.2) is 0 Å². The van der Waals surface area contributed by atoms with E-state index in [4.69, 9.17) is 6.42 Å². The highest BCUT2D eigenvalue weighted by Crippen LogP contribution is 2.16. The van der Waals surface area contributed by atoms with E-state index in [2.05, 4.69) is 16.1 Å². The van der Waals surface area contributed by atoms with Gasteiger partial charge in [-0.3, -0.25) is 14.6 Å². The van der Waals surface area contributed by atoms with Gasteiger partial charge >= 0.3 is 6.03 Å². The van der Waals surface area contributed by atoms with Crippen molar-refractivity contribution in [2.45, 2.75) is 32.7 Å². The Hall–Kier alpha value is -1.54. The molecular weight excluding hydrogens is 230 g/mol. The normalized spacial score (nSPS) is 18.1. The number of rotatable bonds is 6. The first-order valence-corrected chi connectivity index (χ1v) is 6.22. The number of amides is 3. The molecule has 1 aliphatic rings. The van der Waals surface area contributed by atoms with Gasteiger partial charge in [0, 0.05) is 13.1 Å². The maximum atomic E-state index is 11.9. The molecule has 100 valence electrons. The zero-order valence-electron chi connectivity index (χ0n) is 11.3. The summed E-state index contributed by atoms with van der Waals surface area (Å²) in [6.45, 7) is 8.16. The number of urea groups is 1. The number of nitrogens with zero attached hydrogens (tertiary/aromatic N) is 2. The second-order valence-electron chi connectivity index (χ2n) is 4.94. The number of hydrogen-bond acceptors (Lipinski definition) is 3. The molecule has 1 fully saturated rings. The fourth-order valence-corrected chi connectivity index (χ4v) is 1.95. The number of carbonyl (C=O) groups excluding carboxylic acids is 2. The second kappa shape index (κ2) is 5.87. The standard InChI is InChI=1S/C13H21N3O2/c1-5-8-15(6-2)9-7-10-16-11(17)13(3,4)14-12(16)18/h1H,6-10H2,2-4H3,(H,14,18). The number of nitrogens with one attached hydrogen (secondary N) is 1. The van der Waals surface area contributed by atoms with Gasteiger partial charge < -0.3 is 5.32 Å². The lowest BCUT2D eigenvalue weighted by atomic mass is 10.1. The van der Waals surface area contributed by atoms with E-state index in [0.29, 0.717) is 13.1 Å². The number of imide groups is 1. The number of terminal acetylenes is 1. The number of hydrogen-bond donors (Lipinski definition) is 1. The summed E-state index contributed by atoms with van der Waals surface area (Å²) in [5, 5.41) is 2.66. The highest BCUT2D eigenvalue weighted by atomic mass is 16.2. The van der Waals surface area contributed by atoms with Crippen LogP contribution in [0.3, 0.4) is 0 Å². The molecule has 0 unspecified atom stereocenters. The summed E-state index contributed by atoms with van der Waals surface area (Å²) < 4.78 is 0. The van der Waals surface area contributed by atoms with Crippen LogP contribution in [0, 0.1) is 12.3 Å². The van der Waals surface area contributed by atoms with Crippen LogP contribution in [0.1, 0.15) is 27.2 Å². The predicted molar refractivity (Wildman–Crippen MR) is 69.9 cm³/mol. The molecule has 3 amide bonds. The van der Waals surface area contributed by atoms with Gasteiger partial charge in [0.25, 0.3) is 5.91 Å². The zero-order chi connectivity index (χ0) is 13.8. The summed E-state index contributed by atoms with van der Waals surface area (Å²) in [6.07, 6.45) is 6.00. The van der Waals surface area contributed by atoms with E-state index in [-0.39, 0.29) is 11.9 Å². The highest BCUT2D eigenvalue weighted by Gasteiger charge is 2.43. The Labute approximate surface area is 109 Å². The Morgan fingerprint density at radius 2 is 2.11 bits per heavy atom. The molecule has 0 atom stereocenters. The molecule has 18 heavy (non-hydrogen) atoms. The Morgan fingerprint density at radius 3 is 2.56 bits per heavy atom. The van der Waals surface area contributed by atoms with E-state index < -0.39 is 5.54 Å². The summed E-state index contributed by atoms with van der Waals surface area (Å²) in [7, 11) is 0. The van der Waals surface area contributed by atoms with Crippen molar-refractivity contribution in [2.75, 3.05) is 26.2 Å². The SMILES string of the molecule is C#CCN(CC)CCCN1C(=O)NC(C)(C)C1=O. The zero-order valence-corrected chi connectivity index (χ0v) is 11.3. The molecule has 0 aromatic carbocycles. The van der Waals surface area contributed by atoms with Gasteiger partial charge in [-0.25, -0.2) is 4.79 Å². The van der Waals surface area contributed by atoms with Crippen molar-refractivity contribution in [1.82, 2.24) is 15.1 Å². The molecule has 0 aromatic heterocycles. The Kier molecular flexibility index (Phi) is 4.74. The average molecular weight is 251 g/mol. The van der Waals surface area contributed by atoms with E-state index >= 15 is 0 Å². The van der Waals surface area contributed by atoms with E-state index in [1.54, 1.807) is 13.8 Å². The molecule has 0 radical (unpaired) electrons. The lowest BCUT2D eigenvalue weighted by molar-refractivity contribution is -0.130. The maximum Gasteiger partial charge on any atom is 0.325 e. The predicted octanol–water partition coefficient (Wildman–Crippen LogP) is 0.662. The first-order chi connectivity index (χ1) is 8.42. The van der Waals surface area contributed by atoms with Crippen LogP contribution in [0.5, 0.6) is 0 Å². The molecule has 1 N–H and O–H groups in total. The summed E-state index contributed by atoms with van der Waals surface area (Å²) in [5.74, 6) is 2.43. The minimum absolute atomic E-state index is 0.160. The van der Waals surface area contributed by atoms with Crippen molar-refractivity contribution < 1.29 is 9.59 Å². The fourth-order valence-electron chi connectivity index (χ4n) is 1.95. The van der Waals surface area contributed by atoms with E-state index in [0.717, 1.165) is 19.5 Å². The van der Waals surface area contributed by atoms with Crippen LogP contribution >= 0.6 is 0 Å². The number of carbonyl (C=O) groups is 2. The fraction of sp³-hybridized carbons (Fsp3) is 0.692. The third-order valence-corrected chi connectivity index (χ3v) is 3.06. The summed E-state index contributed by atoms with van der Waals surface area (Å²) in [5.41, 5.74) is -0.777. The van der Waals surface area contributed by atoms with Crippen molar-refractivity contribution in [2.24, 2.45) is 0 Å². The van der Waals surface area contributed by atoms with Gasteiger partial charge in [0.05, 0.1) is 6.54 Å². The second-order valence-corrected chi connectivity index (χ2v) is 4.94. The van der Waals surface area contributed by atoms with Gasteiger partial charge in [0.2, 0.25) is 0 Å². The minimum atomic E-state index is -0.777. The summed E-state index contributed by atoms with van der Waals surface area (Å²) >= 11 is 0. The lowest BCUT2D eigenvalue weighted by Gasteiger charge is -2.19. The Bertz CT molecular complexity index is 371. The quantitative estimate of drug-likeness (QED) is 0.557.